The predicted octanol–water partition coefficient (Wildman–Crippen LogP) is 1.17. The molecule has 0 aromatic rings. The molecule has 0 fully saturated rings. The maximum atomic E-state index is 11.4. The Labute approximate surface area is 170 Å². The van der Waals surface area contributed by atoms with E-state index in [0.29, 0.717) is 6.61 Å². The zero-order valence-electron chi connectivity index (χ0n) is 16.5. The summed E-state index contributed by atoms with van der Waals surface area (Å²) in [6.07, 6.45) is 10.9. The molecule has 0 rings (SSSR count). The van der Waals surface area contributed by atoms with Crippen LogP contribution in [0.1, 0.15) is 85.9 Å². The van der Waals surface area contributed by atoms with E-state index in [1.165, 1.54) is 51.9 Å². The van der Waals surface area contributed by atoms with E-state index in [-0.39, 0.29) is 37.4 Å². The normalized spacial score (nSPS) is 12.5. The molecular formula is C16H33NaO6S. The second-order valence-corrected chi connectivity index (χ2v) is 6.99. The van der Waals surface area contributed by atoms with E-state index in [0.717, 1.165) is 19.3 Å². The number of hydrogen-bond acceptors (Lipinski definition) is 5. The third-order valence-corrected chi connectivity index (χ3v) is 4.07. The van der Waals surface area contributed by atoms with Gasteiger partial charge in [-0.25, -0.2) is 4.18 Å². The third kappa shape index (κ3) is 20.4. The minimum Gasteiger partial charge on any atom is -1.00 e. The van der Waals surface area contributed by atoms with E-state index < -0.39 is 22.5 Å². The minimum atomic E-state index is -4.52. The van der Waals surface area contributed by atoms with Gasteiger partial charge in [-0.05, 0) is 13.3 Å². The number of rotatable bonds is 15. The molecule has 24 heavy (non-hydrogen) atoms. The summed E-state index contributed by atoms with van der Waals surface area (Å²) in [5.41, 5.74) is 0. The fourth-order valence-corrected chi connectivity index (χ4v) is 2.79. The molecule has 140 valence electrons. The van der Waals surface area contributed by atoms with Crippen molar-refractivity contribution in [1.29, 1.82) is 0 Å². The molecule has 0 amide bonds. The summed E-state index contributed by atoms with van der Waals surface area (Å²) in [4.78, 5) is 11.4. The summed E-state index contributed by atoms with van der Waals surface area (Å²) in [6.45, 7) is 3.94. The van der Waals surface area contributed by atoms with E-state index in [2.05, 4.69) is 11.1 Å². The Morgan fingerprint density at radius 3 is 1.92 bits per heavy atom. The van der Waals surface area contributed by atoms with Crippen LogP contribution in [0.4, 0.5) is 0 Å². The van der Waals surface area contributed by atoms with Crippen LogP contribution in [0.5, 0.6) is 0 Å². The average Bonchev–Trinajstić information content (AvgIpc) is 2.42. The molecule has 0 aliphatic rings. The summed E-state index contributed by atoms with van der Waals surface area (Å²) in [6, 6.07) is 0. The monoisotopic (exact) mass is 376 g/mol. The molecule has 1 atom stereocenters. The van der Waals surface area contributed by atoms with E-state index in [4.69, 9.17) is 9.29 Å². The van der Waals surface area contributed by atoms with Crippen LogP contribution < -0.4 is 29.6 Å². The number of esters is 1. The van der Waals surface area contributed by atoms with Crippen LogP contribution in [-0.4, -0.2) is 31.7 Å². The van der Waals surface area contributed by atoms with Gasteiger partial charge in [-0.2, -0.15) is 8.42 Å². The van der Waals surface area contributed by atoms with Crippen molar-refractivity contribution >= 4 is 16.4 Å². The molecule has 0 saturated carbocycles. The van der Waals surface area contributed by atoms with Crippen molar-refractivity contribution in [2.45, 2.75) is 90.6 Å². The first-order valence-electron chi connectivity index (χ1n) is 8.66. The molecule has 8 heteroatoms. The summed E-state index contributed by atoms with van der Waals surface area (Å²) < 4.78 is 38.6. The first-order valence-corrected chi connectivity index (χ1v) is 10.0. The minimum absolute atomic E-state index is 0. The van der Waals surface area contributed by atoms with Crippen LogP contribution in [0.15, 0.2) is 0 Å². The fourth-order valence-electron chi connectivity index (χ4n) is 2.31. The largest absolute Gasteiger partial charge is 1.00 e. The van der Waals surface area contributed by atoms with Crippen LogP contribution in [0, 0.1) is 0 Å². The van der Waals surface area contributed by atoms with Crippen LogP contribution >= 0.6 is 0 Å². The molecule has 6 nitrogen and oxygen atoms in total. The first kappa shape index (κ1) is 26.6. The molecule has 0 heterocycles. The van der Waals surface area contributed by atoms with Gasteiger partial charge in [-0.15, -0.1) is 0 Å². The Balaban J connectivity index is -0.00000242. The van der Waals surface area contributed by atoms with Gasteiger partial charge in [0, 0.05) is 0 Å². The molecule has 0 aromatic heterocycles. The van der Waals surface area contributed by atoms with Crippen molar-refractivity contribution in [2.24, 2.45) is 0 Å². The Bertz CT molecular complexity index is 405. The molecule has 0 bridgehead atoms. The number of ether oxygens (including phenoxy) is 1. The van der Waals surface area contributed by atoms with E-state index >= 15 is 0 Å². The summed E-state index contributed by atoms with van der Waals surface area (Å²) >= 11 is 0. The van der Waals surface area contributed by atoms with Crippen LogP contribution in [0.2, 0.25) is 0 Å². The molecule has 0 saturated heterocycles. The summed E-state index contributed by atoms with van der Waals surface area (Å²) in [5, 5.41) is 0. The number of carbonyl (C=O) groups excluding carboxylic acids is 1. The first-order chi connectivity index (χ1) is 10.8. The molecule has 1 unspecified atom stereocenters. The maximum Gasteiger partial charge on any atom is 1.00 e. The van der Waals surface area contributed by atoms with Gasteiger partial charge in [-0.3, -0.25) is 9.35 Å². The average molecular weight is 376 g/mol. The van der Waals surface area contributed by atoms with E-state index in [9.17, 15) is 13.2 Å². The number of carbonyl (C=O) groups is 1. The van der Waals surface area contributed by atoms with Gasteiger partial charge in [0.25, 0.3) is 0 Å². The Morgan fingerprint density at radius 1 is 1.00 bits per heavy atom. The van der Waals surface area contributed by atoms with Crippen molar-refractivity contribution in [3.63, 3.8) is 0 Å². The molecule has 0 aliphatic carbocycles. The van der Waals surface area contributed by atoms with Crippen molar-refractivity contribution in [1.82, 2.24) is 0 Å². The van der Waals surface area contributed by atoms with Gasteiger partial charge in [-0.1, -0.05) is 64.7 Å². The van der Waals surface area contributed by atoms with Crippen LogP contribution in [0.3, 0.4) is 0 Å². The fraction of sp³-hybridized carbons (Fsp3) is 0.938. The molecule has 1 N–H and O–H groups in total. The van der Waals surface area contributed by atoms with Crippen molar-refractivity contribution in [3.8, 4) is 0 Å². The zero-order chi connectivity index (χ0) is 17.6. The van der Waals surface area contributed by atoms with Crippen molar-refractivity contribution in [2.75, 3.05) is 6.61 Å². The summed E-state index contributed by atoms with van der Waals surface area (Å²) in [7, 11) is -4.52. The molecule has 0 spiro atoms. The second-order valence-electron chi connectivity index (χ2n) is 5.94. The van der Waals surface area contributed by atoms with Crippen molar-refractivity contribution in [3.05, 3.63) is 0 Å². The molecule has 0 aromatic carbocycles. The van der Waals surface area contributed by atoms with Crippen LogP contribution in [-0.2, 0) is 24.1 Å². The van der Waals surface area contributed by atoms with Gasteiger partial charge in [0.05, 0.1) is 19.1 Å². The Morgan fingerprint density at radius 2 is 1.46 bits per heavy atom. The van der Waals surface area contributed by atoms with Gasteiger partial charge < -0.3 is 6.16 Å². The van der Waals surface area contributed by atoms with Crippen LogP contribution in [0.25, 0.3) is 0 Å². The van der Waals surface area contributed by atoms with Crippen molar-refractivity contribution < 1.29 is 57.7 Å². The van der Waals surface area contributed by atoms with Gasteiger partial charge in [0.1, 0.15) is 0 Å². The predicted molar refractivity (Wildman–Crippen MR) is 90.6 cm³/mol. The van der Waals surface area contributed by atoms with E-state index in [1.54, 1.807) is 0 Å². The van der Waals surface area contributed by atoms with E-state index in [1.807, 2.05) is 0 Å². The Kier molecular flexibility index (Phi) is 18.6. The molecule has 0 aliphatic heterocycles. The third-order valence-electron chi connectivity index (χ3n) is 3.50. The van der Waals surface area contributed by atoms with Gasteiger partial charge in [0.15, 0.2) is 0 Å². The Hall–Kier alpha value is 0.340. The maximum absolute atomic E-state index is 11.4. The topological polar surface area (TPSA) is 89.9 Å². The molecule has 0 radical (unpaired) electrons. The number of hydrogen-bond donors (Lipinski definition) is 1. The zero-order valence-corrected chi connectivity index (χ0v) is 18.3. The standard InChI is InChI=1S/C16H32O6S.Na.H/c1-3-4-5-6-7-8-9-10-11-12-13-21-16(17)14-15(2)22-23(18,19)20;;/h15H,3-14H2,1-2H3,(H,18,19,20);;/q;+1;-1. The smallest absolute Gasteiger partial charge is 1.00 e. The summed E-state index contributed by atoms with van der Waals surface area (Å²) in [5.74, 6) is -0.517. The quantitative estimate of drug-likeness (QED) is 0.200. The SMILES string of the molecule is CCCCCCCCCCCCOC(=O)CC(C)OS(=O)(=O)O.[H-].[Na+]. The van der Waals surface area contributed by atoms with Gasteiger partial charge in [0.2, 0.25) is 0 Å². The number of unbranched alkanes of at least 4 members (excludes halogenated alkanes) is 9. The second kappa shape index (κ2) is 16.8. The van der Waals surface area contributed by atoms with Gasteiger partial charge >= 0.3 is 45.9 Å². The molecular weight excluding hydrogens is 343 g/mol.